The van der Waals surface area contributed by atoms with Gasteiger partial charge in [0.25, 0.3) is 15.9 Å². The molecule has 11 heteroatoms. The van der Waals surface area contributed by atoms with E-state index in [-0.39, 0.29) is 5.82 Å². The maximum Gasteiger partial charge on any atom is 0.374 e. The van der Waals surface area contributed by atoms with Crippen LogP contribution in [0.25, 0.3) is 0 Å². The highest BCUT2D eigenvalue weighted by molar-refractivity contribution is 7.89. The molecule has 2 aromatic heterocycles. The van der Waals surface area contributed by atoms with Crippen molar-refractivity contribution >= 4 is 39.3 Å². The molecule has 0 fully saturated rings. The number of amides is 1. The fraction of sp³-hybridized carbons (Fsp3) is 0.0833. The van der Waals surface area contributed by atoms with E-state index in [1.165, 1.54) is 18.3 Å². The van der Waals surface area contributed by atoms with Gasteiger partial charge in [0.15, 0.2) is 6.61 Å². The summed E-state index contributed by atoms with van der Waals surface area (Å²) < 4.78 is 31.4. The predicted molar refractivity (Wildman–Crippen MR) is 78.2 cm³/mol. The molecule has 0 saturated heterocycles. The third kappa shape index (κ3) is 4.77. The fourth-order valence-corrected chi connectivity index (χ4v) is 1.99. The van der Waals surface area contributed by atoms with Crippen LogP contribution in [0.3, 0.4) is 0 Å². The Morgan fingerprint density at radius 3 is 2.61 bits per heavy atom. The summed E-state index contributed by atoms with van der Waals surface area (Å²) in [5, 5.41) is 7.02. The zero-order chi connectivity index (χ0) is 17.0. The number of carbonyl (C=O) groups excluding carboxylic acids is 2. The van der Waals surface area contributed by atoms with Gasteiger partial charge in [-0.15, -0.1) is 0 Å². The van der Waals surface area contributed by atoms with Gasteiger partial charge in [0.1, 0.15) is 5.82 Å². The average molecular weight is 360 g/mol. The zero-order valence-electron chi connectivity index (χ0n) is 11.4. The number of hydrogen-bond acceptors (Lipinski definition) is 7. The molecule has 9 nitrogen and oxygen atoms in total. The molecule has 0 aliphatic carbocycles. The lowest BCUT2D eigenvalue weighted by molar-refractivity contribution is -0.119. The first-order chi connectivity index (χ1) is 10.8. The molecule has 0 unspecified atom stereocenters. The third-order valence-corrected chi connectivity index (χ3v) is 3.40. The summed E-state index contributed by atoms with van der Waals surface area (Å²) in [6.45, 7) is -0.617. The molecule has 0 aliphatic heterocycles. The van der Waals surface area contributed by atoms with E-state index < -0.39 is 39.4 Å². The Morgan fingerprint density at radius 1 is 1.30 bits per heavy atom. The van der Waals surface area contributed by atoms with Crippen LogP contribution in [0.5, 0.6) is 0 Å². The Hall–Kier alpha value is -2.43. The molecule has 23 heavy (non-hydrogen) atoms. The Labute approximate surface area is 135 Å². The number of pyridine rings is 1. The van der Waals surface area contributed by atoms with Crippen LogP contribution in [-0.2, 0) is 19.6 Å². The lowest BCUT2D eigenvalue weighted by Gasteiger charge is -2.04. The van der Waals surface area contributed by atoms with Crippen molar-refractivity contribution in [3.05, 3.63) is 41.2 Å². The van der Waals surface area contributed by atoms with Crippen molar-refractivity contribution in [1.82, 2.24) is 4.98 Å². The quantitative estimate of drug-likeness (QED) is 0.751. The number of sulfonamides is 1. The smallest absolute Gasteiger partial charge is 0.374 e. The number of esters is 1. The topological polar surface area (TPSA) is 142 Å². The second kappa shape index (κ2) is 6.77. The van der Waals surface area contributed by atoms with E-state index in [4.69, 9.17) is 21.2 Å². The molecule has 2 heterocycles. The number of primary sulfonamides is 1. The monoisotopic (exact) mass is 359 g/mol. The molecule has 3 N–H and O–H groups in total. The lowest BCUT2D eigenvalue weighted by atomic mass is 10.4. The maximum absolute atomic E-state index is 11.6. The number of anilines is 1. The van der Waals surface area contributed by atoms with Crippen LogP contribution >= 0.6 is 11.6 Å². The average Bonchev–Trinajstić information content (AvgIpc) is 2.97. The van der Waals surface area contributed by atoms with Gasteiger partial charge < -0.3 is 14.5 Å². The number of hydrogen-bond donors (Lipinski definition) is 2. The standard InChI is InChI=1S/C12H10ClN3O6S/c13-7-1-3-9(15-5-7)16-10(17)6-21-12(18)8-2-4-11(22-8)23(14,19)20/h1-5H,6H2,(H2,14,19,20)(H,15,16,17). The van der Waals surface area contributed by atoms with Crippen molar-refractivity contribution in [2.75, 3.05) is 11.9 Å². The number of nitrogens with one attached hydrogen (secondary N) is 1. The van der Waals surface area contributed by atoms with Crippen molar-refractivity contribution in [3.63, 3.8) is 0 Å². The molecule has 0 aliphatic rings. The summed E-state index contributed by atoms with van der Waals surface area (Å²) in [6, 6.07) is 5.06. The van der Waals surface area contributed by atoms with Gasteiger partial charge in [-0.25, -0.2) is 23.3 Å². The SMILES string of the molecule is NS(=O)(=O)c1ccc(C(=O)OCC(=O)Nc2ccc(Cl)cn2)o1. The molecule has 0 aromatic carbocycles. The number of furan rings is 1. The minimum atomic E-state index is -4.06. The van der Waals surface area contributed by atoms with E-state index in [2.05, 4.69) is 15.0 Å². The van der Waals surface area contributed by atoms with E-state index >= 15 is 0 Å². The first-order valence-electron chi connectivity index (χ1n) is 5.97. The first kappa shape index (κ1) is 16.9. The highest BCUT2D eigenvalue weighted by Gasteiger charge is 2.19. The van der Waals surface area contributed by atoms with Gasteiger partial charge in [-0.05, 0) is 24.3 Å². The molecular formula is C12H10ClN3O6S. The van der Waals surface area contributed by atoms with Gasteiger partial charge in [-0.3, -0.25) is 4.79 Å². The van der Waals surface area contributed by atoms with Crippen LogP contribution in [0.15, 0.2) is 40.0 Å². The second-order valence-electron chi connectivity index (χ2n) is 4.15. The number of nitrogens with zero attached hydrogens (tertiary/aromatic N) is 1. The summed E-state index contributed by atoms with van der Waals surface area (Å²) in [7, 11) is -4.06. The van der Waals surface area contributed by atoms with Crippen LogP contribution in [0.2, 0.25) is 5.02 Å². The zero-order valence-corrected chi connectivity index (χ0v) is 12.9. The van der Waals surface area contributed by atoms with E-state index in [0.717, 1.165) is 12.1 Å². The van der Waals surface area contributed by atoms with Gasteiger partial charge in [0.2, 0.25) is 10.9 Å². The first-order valence-corrected chi connectivity index (χ1v) is 7.89. The van der Waals surface area contributed by atoms with Crippen LogP contribution < -0.4 is 10.5 Å². The van der Waals surface area contributed by atoms with Gasteiger partial charge in [-0.1, -0.05) is 11.6 Å². The molecule has 0 radical (unpaired) electrons. The van der Waals surface area contributed by atoms with Crippen LogP contribution in [0, 0.1) is 0 Å². The minimum Gasteiger partial charge on any atom is -0.450 e. The summed E-state index contributed by atoms with van der Waals surface area (Å²) >= 11 is 5.65. The second-order valence-corrected chi connectivity index (χ2v) is 6.08. The largest absolute Gasteiger partial charge is 0.450 e. The van der Waals surface area contributed by atoms with Crippen LogP contribution in [0.1, 0.15) is 10.6 Å². The Bertz CT molecular complexity index is 831. The third-order valence-electron chi connectivity index (χ3n) is 2.39. The summed E-state index contributed by atoms with van der Waals surface area (Å²) in [4.78, 5) is 27.0. The summed E-state index contributed by atoms with van der Waals surface area (Å²) in [5.41, 5.74) is 0. The molecule has 0 atom stereocenters. The molecule has 2 rings (SSSR count). The van der Waals surface area contributed by atoms with Crippen molar-refractivity contribution in [3.8, 4) is 0 Å². The van der Waals surface area contributed by atoms with Gasteiger partial charge in [-0.2, -0.15) is 0 Å². The van der Waals surface area contributed by atoms with Crippen LogP contribution in [0.4, 0.5) is 5.82 Å². The number of rotatable bonds is 5. The molecule has 0 bridgehead atoms. The minimum absolute atomic E-state index is 0.227. The summed E-state index contributed by atoms with van der Waals surface area (Å²) in [5.74, 6) is -1.83. The number of halogens is 1. The molecule has 1 amide bonds. The van der Waals surface area contributed by atoms with Gasteiger partial charge >= 0.3 is 5.97 Å². The van der Waals surface area contributed by atoms with Crippen LogP contribution in [-0.4, -0.2) is 31.9 Å². The highest BCUT2D eigenvalue weighted by atomic mass is 35.5. The predicted octanol–water partition coefficient (Wildman–Crippen LogP) is 0.771. The Kier molecular flexibility index (Phi) is 4.98. The number of nitrogens with two attached hydrogens (primary N) is 1. The normalized spacial score (nSPS) is 11.0. The van der Waals surface area contributed by atoms with E-state index in [0.29, 0.717) is 5.02 Å². The van der Waals surface area contributed by atoms with Crippen molar-refractivity contribution in [2.24, 2.45) is 5.14 Å². The molecular weight excluding hydrogens is 350 g/mol. The molecule has 2 aromatic rings. The van der Waals surface area contributed by atoms with E-state index in [1.807, 2.05) is 0 Å². The number of carbonyl (C=O) groups is 2. The highest BCUT2D eigenvalue weighted by Crippen LogP contribution is 2.13. The van der Waals surface area contributed by atoms with Gasteiger partial charge in [0, 0.05) is 6.20 Å². The Morgan fingerprint density at radius 2 is 2.04 bits per heavy atom. The number of ether oxygens (including phenoxy) is 1. The van der Waals surface area contributed by atoms with Crippen molar-refractivity contribution in [2.45, 2.75) is 5.09 Å². The number of aromatic nitrogens is 1. The maximum atomic E-state index is 11.6. The molecule has 0 saturated carbocycles. The molecule has 122 valence electrons. The fourth-order valence-electron chi connectivity index (χ4n) is 1.41. The van der Waals surface area contributed by atoms with E-state index in [1.54, 1.807) is 0 Å². The van der Waals surface area contributed by atoms with E-state index in [9.17, 15) is 18.0 Å². The van der Waals surface area contributed by atoms with Crippen molar-refractivity contribution < 1.29 is 27.2 Å². The van der Waals surface area contributed by atoms with Gasteiger partial charge in [0.05, 0.1) is 5.02 Å². The van der Waals surface area contributed by atoms with Crippen molar-refractivity contribution in [1.29, 1.82) is 0 Å². The summed E-state index contributed by atoms with van der Waals surface area (Å²) in [6.07, 6.45) is 1.33. The Balaban J connectivity index is 1.90. The molecule has 0 spiro atoms. The lowest BCUT2D eigenvalue weighted by Crippen LogP contribution is -2.21.